The molecule has 2 aromatic rings. The zero-order chi connectivity index (χ0) is 30.0. The van der Waals surface area contributed by atoms with E-state index in [1.165, 1.54) is 17.4 Å². The maximum Gasteiger partial charge on any atom is 0.496 e. The van der Waals surface area contributed by atoms with Crippen LogP contribution in [0.3, 0.4) is 0 Å². The highest BCUT2D eigenvalue weighted by molar-refractivity contribution is 6.62. The topological polar surface area (TPSA) is 72.9 Å². The van der Waals surface area contributed by atoms with E-state index in [9.17, 15) is 5.11 Å². The summed E-state index contributed by atoms with van der Waals surface area (Å²) in [6, 6.07) is 16.4. The fourth-order valence-corrected chi connectivity index (χ4v) is 6.50. The molecule has 3 heterocycles. The highest BCUT2D eigenvalue weighted by Crippen LogP contribution is 2.35. The number of rotatable bonds is 11. The third-order valence-corrected chi connectivity index (χ3v) is 8.67. The van der Waals surface area contributed by atoms with Crippen LogP contribution in [0.1, 0.15) is 11.1 Å². The Bertz CT molecular complexity index is 1230. The average Bonchev–Trinajstić information content (AvgIpc) is 3.85. The van der Waals surface area contributed by atoms with E-state index in [1.807, 2.05) is 30.3 Å². The second-order valence-corrected chi connectivity index (χ2v) is 12.2. The third kappa shape index (κ3) is 6.98. The maximum absolute atomic E-state index is 11.2. The number of hydrogen-bond acceptors (Lipinski definition) is 8. The Morgan fingerprint density at radius 1 is 0.727 bits per heavy atom. The highest BCUT2D eigenvalue weighted by atomic mass is 16.8. The van der Waals surface area contributed by atoms with E-state index in [0.29, 0.717) is 6.61 Å². The molecule has 44 heavy (non-hydrogen) atoms. The lowest BCUT2D eigenvalue weighted by Gasteiger charge is -2.24. The van der Waals surface area contributed by atoms with Crippen LogP contribution in [0.15, 0.2) is 48.5 Å². The molecule has 3 saturated heterocycles. The first-order valence-electron chi connectivity index (χ1n) is 15.4. The minimum absolute atomic E-state index is 0.314. The summed E-state index contributed by atoms with van der Waals surface area (Å²) in [5.41, 5.74) is 4.24. The molecule has 0 bridgehead atoms. The molecule has 0 spiro atoms. The third-order valence-electron chi connectivity index (χ3n) is 8.67. The summed E-state index contributed by atoms with van der Waals surface area (Å²) in [7, 11) is 3.10. The van der Waals surface area contributed by atoms with Gasteiger partial charge in [0.2, 0.25) is 0 Å². The summed E-state index contributed by atoms with van der Waals surface area (Å²) in [6.07, 6.45) is 13.6. The summed E-state index contributed by atoms with van der Waals surface area (Å²) in [5.74, 6) is 2.59. The van der Waals surface area contributed by atoms with Gasteiger partial charge in [0.25, 0.3) is 0 Å². The number of benzene rings is 2. The number of fused-ring (bicyclic) bond motifs is 1. The molecule has 2 aromatic carbocycles. The van der Waals surface area contributed by atoms with Crippen molar-refractivity contribution in [2.45, 2.75) is 43.8 Å². The quantitative estimate of drug-likeness (QED) is 0.393. The van der Waals surface area contributed by atoms with Gasteiger partial charge in [-0.1, -0.05) is 48.5 Å². The standard InChI is InChI=1S/C34H38B2N2O6/c1-37(19-24-9-3-4-10-24)21-26-15-17-28(18-16-26)35-43-33-31(39)32(41-34(33)44-35)30-23-40-36(42-30)29-14-8-7-13-27(29)22-38(2)20-25-11-5-6-12-25/h3-18,30-34,39H,19-23H2,1-2H3/t30-,31+,32-,33-,34-/m1/s1. The first-order valence-corrected chi connectivity index (χ1v) is 15.4. The van der Waals surface area contributed by atoms with Crippen LogP contribution in [-0.2, 0) is 36.4 Å². The number of aliphatic hydroxyl groups is 1. The van der Waals surface area contributed by atoms with Crippen molar-refractivity contribution in [3.8, 4) is 0 Å². The summed E-state index contributed by atoms with van der Waals surface area (Å²) >= 11 is 0. The maximum atomic E-state index is 11.2. The van der Waals surface area contributed by atoms with Crippen molar-refractivity contribution in [2.24, 2.45) is 0 Å². The van der Waals surface area contributed by atoms with Gasteiger partial charge in [-0.05, 0) is 99.4 Å². The second-order valence-electron chi connectivity index (χ2n) is 12.2. The molecule has 5 atom stereocenters. The van der Waals surface area contributed by atoms with Crippen molar-refractivity contribution < 1.29 is 28.5 Å². The molecule has 5 aliphatic rings. The van der Waals surface area contributed by atoms with Crippen molar-refractivity contribution in [1.82, 2.24) is 9.80 Å². The van der Waals surface area contributed by atoms with Gasteiger partial charge >= 0.3 is 14.2 Å². The Labute approximate surface area is 263 Å². The highest BCUT2D eigenvalue weighted by Gasteiger charge is 2.57. The fourth-order valence-electron chi connectivity index (χ4n) is 6.50. The fraction of sp³-hybridized carbons (Fsp3) is 0.353. The minimum atomic E-state index is -0.896. The molecule has 1 N–H and O–H groups in total. The summed E-state index contributed by atoms with van der Waals surface area (Å²) in [5, 5.41) is 11.2. The summed E-state index contributed by atoms with van der Waals surface area (Å²) < 4.78 is 30.9. The lowest BCUT2D eigenvalue weighted by atomic mass is 9.76. The van der Waals surface area contributed by atoms with E-state index >= 15 is 0 Å². The van der Waals surface area contributed by atoms with Gasteiger partial charge in [0, 0.05) is 26.2 Å². The van der Waals surface area contributed by atoms with Crippen LogP contribution in [0.25, 0.3) is 0 Å². The molecule has 10 radical (unpaired) electrons. The van der Waals surface area contributed by atoms with Gasteiger partial charge < -0.3 is 38.3 Å². The molecule has 226 valence electrons. The normalized spacial score (nSPS) is 29.6. The van der Waals surface area contributed by atoms with Crippen molar-refractivity contribution in [1.29, 1.82) is 0 Å². The van der Waals surface area contributed by atoms with Gasteiger partial charge in [0.05, 0.1) is 12.7 Å². The zero-order valence-corrected chi connectivity index (χ0v) is 25.2. The molecule has 10 heteroatoms. The number of nitrogens with zero attached hydrogens (tertiary/aromatic N) is 2. The van der Waals surface area contributed by atoms with Gasteiger partial charge in [-0.2, -0.15) is 0 Å². The van der Waals surface area contributed by atoms with Gasteiger partial charge in [-0.3, -0.25) is 0 Å². The van der Waals surface area contributed by atoms with Gasteiger partial charge in [0.1, 0.15) is 18.3 Å². The van der Waals surface area contributed by atoms with Crippen LogP contribution in [0.4, 0.5) is 0 Å². The Balaban J connectivity index is 0.909. The summed E-state index contributed by atoms with van der Waals surface area (Å²) in [4.78, 5) is 4.55. The van der Waals surface area contributed by atoms with Crippen LogP contribution >= 0.6 is 0 Å². The lowest BCUT2D eigenvalue weighted by Crippen LogP contribution is -2.44. The van der Waals surface area contributed by atoms with E-state index < -0.39 is 44.9 Å². The molecular weight excluding hydrogens is 554 g/mol. The molecular formula is C34H38B2N2O6. The van der Waals surface area contributed by atoms with Gasteiger partial charge in [0.15, 0.2) is 6.29 Å². The van der Waals surface area contributed by atoms with Crippen LogP contribution in [0, 0.1) is 63.2 Å². The van der Waals surface area contributed by atoms with Gasteiger partial charge in [-0.25, -0.2) is 0 Å². The molecule has 5 fully saturated rings. The molecule has 7 rings (SSSR count). The Morgan fingerprint density at radius 2 is 1.39 bits per heavy atom. The molecule has 8 nitrogen and oxygen atoms in total. The van der Waals surface area contributed by atoms with E-state index in [-0.39, 0.29) is 0 Å². The predicted octanol–water partition coefficient (Wildman–Crippen LogP) is 1.37. The van der Waals surface area contributed by atoms with Crippen LogP contribution in [0.2, 0.25) is 0 Å². The molecule has 0 amide bonds. The number of aliphatic hydroxyl groups excluding tert-OH is 1. The smallest absolute Gasteiger partial charge is 0.405 e. The van der Waals surface area contributed by atoms with Crippen molar-refractivity contribution >= 4 is 25.2 Å². The Morgan fingerprint density at radius 3 is 2.07 bits per heavy atom. The first-order chi connectivity index (χ1) is 21.5. The van der Waals surface area contributed by atoms with Gasteiger partial charge in [-0.15, -0.1) is 0 Å². The van der Waals surface area contributed by atoms with Crippen LogP contribution in [0.5, 0.6) is 0 Å². The first kappa shape index (κ1) is 30.9. The van der Waals surface area contributed by atoms with Crippen LogP contribution < -0.4 is 10.9 Å². The van der Waals surface area contributed by atoms with Crippen molar-refractivity contribution in [3.63, 3.8) is 0 Å². The van der Waals surface area contributed by atoms with E-state index in [4.69, 9.17) is 23.4 Å². The Kier molecular flexibility index (Phi) is 9.78. The lowest BCUT2D eigenvalue weighted by molar-refractivity contribution is -0.107. The SMILES string of the molecule is CN(C[C]1[CH][CH][CH][CH]1)Cc1ccc(B2O[C@H]3O[C@H]([C@H]4COB(c5ccccc5CN(C)C[C]5[CH][CH][CH][CH]5)O4)[C@H](O)[C@H]3O2)cc1. The van der Waals surface area contributed by atoms with Crippen molar-refractivity contribution in [2.75, 3.05) is 33.8 Å². The average molecular weight is 592 g/mol. The monoisotopic (exact) mass is 592 g/mol. The molecule has 2 aliphatic carbocycles. The summed E-state index contributed by atoms with van der Waals surface area (Å²) in [6.45, 7) is 3.68. The van der Waals surface area contributed by atoms with Crippen LogP contribution in [-0.4, -0.2) is 93.6 Å². The van der Waals surface area contributed by atoms with Crippen molar-refractivity contribution in [3.05, 3.63) is 123 Å². The largest absolute Gasteiger partial charge is 0.496 e. The number of hydrogen-bond donors (Lipinski definition) is 1. The van der Waals surface area contributed by atoms with E-state index in [2.05, 4.69) is 93.5 Å². The molecule has 0 unspecified atom stereocenters. The van der Waals surface area contributed by atoms with E-state index in [1.54, 1.807) is 0 Å². The second kappa shape index (κ2) is 13.9. The number of ether oxygens (including phenoxy) is 1. The Hall–Kier alpha value is -1.75. The minimum Gasteiger partial charge on any atom is -0.405 e. The molecule has 0 aromatic heterocycles. The predicted molar refractivity (Wildman–Crippen MR) is 169 cm³/mol. The molecule has 2 saturated carbocycles. The van der Waals surface area contributed by atoms with E-state index in [0.717, 1.165) is 42.7 Å². The molecule has 3 aliphatic heterocycles. The zero-order valence-electron chi connectivity index (χ0n) is 25.2.